The fraction of sp³-hybridized carbons (Fsp3) is 0.344. The molecule has 3 aromatic carbocycles. The molecule has 1 N–H and O–H groups in total. The van der Waals surface area contributed by atoms with Crippen molar-refractivity contribution in [3.8, 4) is 5.69 Å². The summed E-state index contributed by atoms with van der Waals surface area (Å²) < 4.78 is 1.69. The fourth-order valence-corrected chi connectivity index (χ4v) is 4.79. The predicted octanol–water partition coefficient (Wildman–Crippen LogP) is 7.21. The molecule has 1 atom stereocenters. The van der Waals surface area contributed by atoms with Crippen LogP contribution >= 0.6 is 0 Å². The number of aromatic nitrogens is 2. The molecular weight excluding hydrogens is 472 g/mol. The van der Waals surface area contributed by atoms with E-state index in [-0.39, 0.29) is 17.5 Å². The van der Waals surface area contributed by atoms with Crippen LogP contribution in [0.3, 0.4) is 0 Å². The van der Waals surface area contributed by atoms with Crippen molar-refractivity contribution in [3.63, 3.8) is 0 Å². The zero-order valence-electron chi connectivity index (χ0n) is 23.3. The van der Waals surface area contributed by atoms with Crippen molar-refractivity contribution in [1.29, 1.82) is 0 Å². The molecule has 0 aliphatic rings. The lowest BCUT2D eigenvalue weighted by Crippen LogP contribution is -2.42. The van der Waals surface area contributed by atoms with Gasteiger partial charge in [-0.05, 0) is 85.7 Å². The van der Waals surface area contributed by atoms with E-state index in [1.165, 1.54) is 5.56 Å². The third-order valence-corrected chi connectivity index (χ3v) is 7.05. The molecule has 4 rings (SSSR count). The summed E-state index contributed by atoms with van der Waals surface area (Å²) in [5.41, 5.74) is 5.45. The molecule has 0 aliphatic carbocycles. The second kappa shape index (κ2) is 11.6. The number of aryl methyl sites for hydroxylation is 3. The van der Waals surface area contributed by atoms with Crippen LogP contribution in [0.5, 0.6) is 0 Å². The molecule has 0 saturated carbocycles. The fourth-order valence-electron chi connectivity index (χ4n) is 4.79. The number of carbonyl (C=O) groups excluding carboxylic acids is 1. The predicted molar refractivity (Wildman–Crippen MR) is 156 cm³/mol. The zero-order valence-corrected chi connectivity index (χ0v) is 23.3. The number of benzene rings is 3. The van der Waals surface area contributed by atoms with E-state index >= 15 is 0 Å². The molecule has 1 aromatic heterocycles. The Morgan fingerprint density at radius 1 is 0.974 bits per heavy atom. The van der Waals surface area contributed by atoms with E-state index in [1.54, 1.807) is 4.57 Å². The van der Waals surface area contributed by atoms with E-state index in [0.29, 0.717) is 29.7 Å². The van der Waals surface area contributed by atoms with Gasteiger partial charge < -0.3 is 10.2 Å². The smallest absolute Gasteiger partial charge is 0.314 e. The number of anilines is 1. The molecule has 0 fully saturated rings. The third-order valence-electron chi connectivity index (χ3n) is 7.05. The summed E-state index contributed by atoms with van der Waals surface area (Å²) in [5, 5.41) is 3.64. The molecule has 198 valence electrons. The van der Waals surface area contributed by atoms with Crippen LogP contribution in [0.15, 0.2) is 71.5 Å². The number of fused-ring (bicyclic) bond motifs is 1. The quantitative estimate of drug-likeness (QED) is 0.272. The first-order valence-electron chi connectivity index (χ1n) is 13.5. The van der Waals surface area contributed by atoms with E-state index in [4.69, 9.17) is 4.98 Å². The summed E-state index contributed by atoms with van der Waals surface area (Å²) in [4.78, 5) is 34.6. The van der Waals surface area contributed by atoms with E-state index in [2.05, 4.69) is 33.0 Å². The van der Waals surface area contributed by atoms with Gasteiger partial charge in [-0.3, -0.25) is 9.36 Å². The van der Waals surface area contributed by atoms with Crippen LogP contribution in [0, 0.1) is 19.8 Å². The SMILES string of the molecule is CCc1ccc(NC(=O)N(CC(C)C)C(CC)c2nc3ccccc3c(=O)n2-c2ccc(C)c(C)c2)cc1. The van der Waals surface area contributed by atoms with E-state index in [1.807, 2.05) is 85.5 Å². The number of hydrogen-bond donors (Lipinski definition) is 1. The molecule has 0 saturated heterocycles. The number of amides is 2. The van der Waals surface area contributed by atoms with Gasteiger partial charge in [-0.25, -0.2) is 9.78 Å². The highest BCUT2D eigenvalue weighted by Gasteiger charge is 2.30. The van der Waals surface area contributed by atoms with E-state index in [0.717, 1.165) is 28.9 Å². The minimum atomic E-state index is -0.411. The van der Waals surface area contributed by atoms with Gasteiger partial charge >= 0.3 is 6.03 Å². The zero-order chi connectivity index (χ0) is 27.4. The normalized spacial score (nSPS) is 12.1. The lowest BCUT2D eigenvalue weighted by atomic mass is 10.1. The van der Waals surface area contributed by atoms with Gasteiger partial charge in [0, 0.05) is 12.2 Å². The number of nitrogens with zero attached hydrogens (tertiary/aromatic N) is 3. The number of para-hydroxylation sites is 1. The van der Waals surface area contributed by atoms with Crippen LogP contribution in [0.2, 0.25) is 0 Å². The number of nitrogens with one attached hydrogen (secondary N) is 1. The highest BCUT2D eigenvalue weighted by molar-refractivity contribution is 5.89. The van der Waals surface area contributed by atoms with E-state index in [9.17, 15) is 9.59 Å². The van der Waals surface area contributed by atoms with Crippen molar-refractivity contribution in [3.05, 3.63) is 99.6 Å². The Morgan fingerprint density at radius 2 is 1.68 bits per heavy atom. The van der Waals surface area contributed by atoms with Crippen molar-refractivity contribution < 1.29 is 4.79 Å². The Bertz CT molecular complexity index is 1490. The van der Waals surface area contributed by atoms with Gasteiger partial charge in [-0.1, -0.05) is 58.0 Å². The standard InChI is InChI=1S/C32H38N4O2/c1-7-24-14-16-25(17-15-24)33-32(38)35(20-21(3)4)29(8-2)30-34-28-12-10-9-11-27(28)31(37)36(30)26-18-13-22(5)23(6)19-26/h9-19,21,29H,7-8,20H2,1-6H3,(H,33,38). The van der Waals surface area contributed by atoms with Crippen molar-refractivity contribution in [2.24, 2.45) is 5.92 Å². The van der Waals surface area contributed by atoms with Gasteiger partial charge in [0.2, 0.25) is 0 Å². The number of rotatable bonds is 8. The van der Waals surface area contributed by atoms with Gasteiger partial charge in [0.15, 0.2) is 0 Å². The monoisotopic (exact) mass is 510 g/mol. The van der Waals surface area contributed by atoms with Crippen LogP contribution in [0.1, 0.15) is 62.7 Å². The summed E-state index contributed by atoms with van der Waals surface area (Å²) in [5.74, 6) is 0.788. The number of urea groups is 1. The molecule has 0 bridgehead atoms. The molecule has 4 aromatic rings. The van der Waals surface area contributed by atoms with Gasteiger partial charge in [0.05, 0.1) is 22.6 Å². The Labute approximate surface area is 225 Å². The van der Waals surface area contributed by atoms with Crippen molar-refractivity contribution in [2.75, 3.05) is 11.9 Å². The van der Waals surface area contributed by atoms with Gasteiger partial charge in [0.1, 0.15) is 5.82 Å². The molecule has 6 nitrogen and oxygen atoms in total. The average Bonchev–Trinajstić information content (AvgIpc) is 2.90. The summed E-state index contributed by atoms with van der Waals surface area (Å²) in [6.07, 6.45) is 1.54. The first-order chi connectivity index (χ1) is 18.2. The molecule has 0 spiro atoms. The van der Waals surface area contributed by atoms with Crippen molar-refractivity contribution in [2.45, 2.75) is 60.4 Å². The lowest BCUT2D eigenvalue weighted by molar-refractivity contribution is 0.171. The van der Waals surface area contributed by atoms with Crippen LogP contribution < -0.4 is 10.9 Å². The molecule has 1 unspecified atom stereocenters. The summed E-state index contributed by atoms with van der Waals surface area (Å²) >= 11 is 0. The highest BCUT2D eigenvalue weighted by atomic mass is 16.2. The van der Waals surface area contributed by atoms with Crippen LogP contribution in [-0.2, 0) is 6.42 Å². The summed E-state index contributed by atoms with van der Waals surface area (Å²) in [6, 6.07) is 20.7. The lowest BCUT2D eigenvalue weighted by Gasteiger charge is -2.33. The second-order valence-electron chi connectivity index (χ2n) is 10.3. The van der Waals surface area contributed by atoms with Crippen LogP contribution in [0.4, 0.5) is 10.5 Å². The maximum absolute atomic E-state index is 13.9. The Hall–Kier alpha value is -3.93. The van der Waals surface area contributed by atoms with Gasteiger partial charge in [0.25, 0.3) is 5.56 Å². The number of hydrogen-bond acceptors (Lipinski definition) is 3. The van der Waals surface area contributed by atoms with Crippen molar-refractivity contribution >= 4 is 22.6 Å². The molecule has 2 amide bonds. The minimum Gasteiger partial charge on any atom is -0.314 e. The Morgan fingerprint density at radius 3 is 2.32 bits per heavy atom. The highest BCUT2D eigenvalue weighted by Crippen LogP contribution is 2.28. The van der Waals surface area contributed by atoms with E-state index < -0.39 is 6.04 Å². The second-order valence-corrected chi connectivity index (χ2v) is 10.3. The molecule has 0 aliphatic heterocycles. The maximum atomic E-state index is 13.9. The number of carbonyl (C=O) groups is 1. The summed E-state index contributed by atoms with van der Waals surface area (Å²) in [7, 11) is 0. The molecule has 38 heavy (non-hydrogen) atoms. The van der Waals surface area contributed by atoms with Gasteiger partial charge in [-0.15, -0.1) is 0 Å². The largest absolute Gasteiger partial charge is 0.322 e. The maximum Gasteiger partial charge on any atom is 0.322 e. The molecule has 0 radical (unpaired) electrons. The van der Waals surface area contributed by atoms with Crippen molar-refractivity contribution in [1.82, 2.24) is 14.5 Å². The van der Waals surface area contributed by atoms with Crippen LogP contribution in [0.25, 0.3) is 16.6 Å². The topological polar surface area (TPSA) is 67.2 Å². The first-order valence-corrected chi connectivity index (χ1v) is 13.5. The van der Waals surface area contributed by atoms with Crippen LogP contribution in [-0.4, -0.2) is 27.0 Å². The Kier molecular flexibility index (Phi) is 8.30. The third kappa shape index (κ3) is 5.64. The molecule has 1 heterocycles. The Balaban J connectivity index is 1.86. The molecule has 6 heteroatoms. The summed E-state index contributed by atoms with van der Waals surface area (Å²) in [6.45, 7) is 12.9. The molecular formula is C32H38N4O2. The first kappa shape index (κ1) is 27.1. The van der Waals surface area contributed by atoms with Gasteiger partial charge in [-0.2, -0.15) is 0 Å². The minimum absolute atomic E-state index is 0.132. The average molecular weight is 511 g/mol.